The Hall–Kier alpha value is -3.03. The van der Waals surface area contributed by atoms with Crippen LogP contribution in [-0.2, 0) is 6.54 Å². The highest BCUT2D eigenvalue weighted by molar-refractivity contribution is 5.83. The molecule has 31 heavy (non-hydrogen) atoms. The third kappa shape index (κ3) is 4.38. The van der Waals surface area contributed by atoms with E-state index in [1.54, 1.807) is 50.4 Å². The van der Waals surface area contributed by atoms with Crippen molar-refractivity contribution >= 4 is 11.0 Å². The van der Waals surface area contributed by atoms with Gasteiger partial charge in [-0.3, -0.25) is 9.69 Å². The van der Waals surface area contributed by atoms with E-state index in [1.165, 1.54) is 0 Å². The smallest absolute Gasteiger partial charge is 0.235 e. The fraction of sp³-hybridized carbons (Fsp3) is 0.375. The molecule has 0 bridgehead atoms. The summed E-state index contributed by atoms with van der Waals surface area (Å²) >= 11 is 0. The van der Waals surface area contributed by atoms with E-state index in [-0.39, 0.29) is 16.9 Å². The number of phenolic OH excluding ortho intramolecular Hbond substituents is 1. The van der Waals surface area contributed by atoms with Crippen LogP contribution in [0.4, 0.5) is 0 Å². The maximum absolute atomic E-state index is 13.2. The molecule has 3 aromatic rings. The van der Waals surface area contributed by atoms with E-state index in [2.05, 4.69) is 16.7 Å². The first-order valence-corrected chi connectivity index (χ1v) is 10.5. The Labute approximate surface area is 181 Å². The Kier molecular flexibility index (Phi) is 6.15. The van der Waals surface area contributed by atoms with Crippen molar-refractivity contribution in [3.8, 4) is 23.0 Å². The second-order valence-electron chi connectivity index (χ2n) is 7.74. The summed E-state index contributed by atoms with van der Waals surface area (Å²) in [6, 6.07) is 10.2. The van der Waals surface area contributed by atoms with Crippen molar-refractivity contribution in [1.82, 2.24) is 9.80 Å². The average molecular weight is 424 g/mol. The van der Waals surface area contributed by atoms with Crippen molar-refractivity contribution in [3.05, 3.63) is 57.9 Å². The van der Waals surface area contributed by atoms with Crippen LogP contribution in [0.15, 0.2) is 45.6 Å². The lowest BCUT2D eigenvalue weighted by Crippen LogP contribution is -2.45. The molecule has 2 aromatic carbocycles. The standard InChI is InChI=1S/C24H28N2O5/c1-4-25-11-13-26(14-12-25)15-20-21(27)10-9-19-22(28)23(16(2)30-24(19)20)31-18-7-5-17(29-3)6-8-18/h5-10,27H,4,11-15H2,1-3H3. The molecule has 0 spiro atoms. The van der Waals surface area contributed by atoms with Crippen molar-refractivity contribution < 1.29 is 19.0 Å². The molecule has 164 valence electrons. The number of ether oxygens (including phenoxy) is 2. The van der Waals surface area contributed by atoms with Gasteiger partial charge < -0.3 is 23.9 Å². The molecule has 2 heterocycles. The molecule has 0 saturated carbocycles. The van der Waals surface area contributed by atoms with Crippen LogP contribution in [0, 0.1) is 6.92 Å². The van der Waals surface area contributed by atoms with Gasteiger partial charge in [-0.25, -0.2) is 0 Å². The number of aromatic hydroxyl groups is 1. The summed E-state index contributed by atoms with van der Waals surface area (Å²) in [6.45, 7) is 9.23. The van der Waals surface area contributed by atoms with Gasteiger partial charge in [0.15, 0.2) is 0 Å². The van der Waals surface area contributed by atoms with Crippen LogP contribution in [-0.4, -0.2) is 54.7 Å². The predicted molar refractivity (Wildman–Crippen MR) is 119 cm³/mol. The second kappa shape index (κ2) is 8.99. The van der Waals surface area contributed by atoms with Crippen LogP contribution in [0.5, 0.6) is 23.0 Å². The summed E-state index contributed by atoms with van der Waals surface area (Å²) in [4.78, 5) is 17.9. The lowest BCUT2D eigenvalue weighted by atomic mass is 10.1. The Bertz CT molecular complexity index is 1120. The van der Waals surface area contributed by atoms with Gasteiger partial charge in [0.05, 0.1) is 18.1 Å². The molecular formula is C24H28N2O5. The first-order valence-electron chi connectivity index (χ1n) is 10.5. The minimum Gasteiger partial charge on any atom is -0.507 e. The van der Waals surface area contributed by atoms with Gasteiger partial charge in [0.25, 0.3) is 0 Å². The van der Waals surface area contributed by atoms with Gasteiger partial charge in [-0.05, 0) is 49.9 Å². The number of rotatable bonds is 6. The summed E-state index contributed by atoms with van der Waals surface area (Å²) < 4.78 is 17.0. The molecule has 1 fully saturated rings. The first-order chi connectivity index (χ1) is 15.0. The zero-order chi connectivity index (χ0) is 22.0. The number of phenols is 1. The van der Waals surface area contributed by atoms with Gasteiger partial charge in [0.2, 0.25) is 11.2 Å². The Morgan fingerprint density at radius 3 is 2.29 bits per heavy atom. The van der Waals surface area contributed by atoms with Crippen LogP contribution >= 0.6 is 0 Å². The predicted octanol–water partition coefficient (Wildman–Crippen LogP) is 3.75. The van der Waals surface area contributed by atoms with Crippen molar-refractivity contribution in [1.29, 1.82) is 0 Å². The van der Waals surface area contributed by atoms with Crippen LogP contribution in [0.1, 0.15) is 18.2 Å². The van der Waals surface area contributed by atoms with Gasteiger partial charge in [0.1, 0.15) is 28.6 Å². The van der Waals surface area contributed by atoms with Crippen molar-refractivity contribution in [3.63, 3.8) is 0 Å². The molecular weight excluding hydrogens is 396 g/mol. The molecule has 1 aliphatic heterocycles. The summed E-state index contributed by atoms with van der Waals surface area (Å²) in [5.74, 6) is 1.87. The molecule has 0 radical (unpaired) electrons. The number of nitrogens with zero attached hydrogens (tertiary/aromatic N) is 2. The number of piperazine rings is 1. The molecule has 1 saturated heterocycles. The van der Waals surface area contributed by atoms with E-state index in [0.29, 0.717) is 40.3 Å². The van der Waals surface area contributed by atoms with Crippen LogP contribution < -0.4 is 14.9 Å². The SMILES string of the molecule is CCN1CCN(Cc2c(O)ccc3c(=O)c(Oc4ccc(OC)cc4)c(C)oc23)CC1. The average Bonchev–Trinajstić information content (AvgIpc) is 2.79. The number of methoxy groups -OCH3 is 1. The van der Waals surface area contributed by atoms with E-state index in [0.717, 1.165) is 32.7 Å². The maximum Gasteiger partial charge on any atom is 0.235 e. The third-order valence-electron chi connectivity index (χ3n) is 5.83. The van der Waals surface area contributed by atoms with Crippen molar-refractivity contribution in [2.45, 2.75) is 20.4 Å². The highest BCUT2D eigenvalue weighted by Crippen LogP contribution is 2.32. The van der Waals surface area contributed by atoms with E-state index >= 15 is 0 Å². The Morgan fingerprint density at radius 2 is 1.65 bits per heavy atom. The minimum atomic E-state index is -0.258. The van der Waals surface area contributed by atoms with Gasteiger partial charge in [-0.1, -0.05) is 6.92 Å². The Morgan fingerprint density at radius 1 is 1.00 bits per heavy atom. The number of benzene rings is 2. The number of hydrogen-bond acceptors (Lipinski definition) is 7. The largest absolute Gasteiger partial charge is 0.507 e. The van der Waals surface area contributed by atoms with E-state index in [9.17, 15) is 9.90 Å². The second-order valence-corrected chi connectivity index (χ2v) is 7.74. The fourth-order valence-corrected chi connectivity index (χ4v) is 3.91. The van der Waals surface area contributed by atoms with Crippen LogP contribution in [0.25, 0.3) is 11.0 Å². The lowest BCUT2D eigenvalue weighted by molar-refractivity contribution is 0.131. The summed E-state index contributed by atoms with van der Waals surface area (Å²) in [5, 5.41) is 10.9. The third-order valence-corrected chi connectivity index (χ3v) is 5.83. The van der Waals surface area contributed by atoms with Crippen molar-refractivity contribution in [2.75, 3.05) is 39.8 Å². The molecule has 1 N–H and O–H groups in total. The van der Waals surface area contributed by atoms with E-state index in [4.69, 9.17) is 13.9 Å². The first kappa shape index (κ1) is 21.2. The molecule has 7 heteroatoms. The summed E-state index contributed by atoms with van der Waals surface area (Å²) in [6.07, 6.45) is 0. The van der Waals surface area contributed by atoms with Gasteiger partial charge >= 0.3 is 0 Å². The van der Waals surface area contributed by atoms with Gasteiger partial charge in [0, 0.05) is 32.7 Å². The number of fused-ring (bicyclic) bond motifs is 1. The molecule has 0 amide bonds. The fourth-order valence-electron chi connectivity index (χ4n) is 3.91. The molecule has 0 atom stereocenters. The zero-order valence-corrected chi connectivity index (χ0v) is 18.2. The normalized spacial score (nSPS) is 15.3. The highest BCUT2D eigenvalue weighted by atomic mass is 16.5. The van der Waals surface area contributed by atoms with Crippen LogP contribution in [0.2, 0.25) is 0 Å². The van der Waals surface area contributed by atoms with Gasteiger partial charge in [-0.2, -0.15) is 0 Å². The Balaban J connectivity index is 1.66. The lowest BCUT2D eigenvalue weighted by Gasteiger charge is -2.34. The molecule has 0 unspecified atom stereocenters. The number of likely N-dealkylation sites (N-methyl/N-ethyl adjacent to an activating group) is 1. The monoisotopic (exact) mass is 424 g/mol. The molecule has 1 aromatic heterocycles. The molecule has 4 rings (SSSR count). The van der Waals surface area contributed by atoms with E-state index < -0.39 is 0 Å². The highest BCUT2D eigenvalue weighted by Gasteiger charge is 2.22. The topological polar surface area (TPSA) is 75.4 Å². The van der Waals surface area contributed by atoms with Crippen molar-refractivity contribution in [2.24, 2.45) is 0 Å². The van der Waals surface area contributed by atoms with E-state index in [1.807, 2.05) is 0 Å². The molecule has 1 aliphatic rings. The van der Waals surface area contributed by atoms with Crippen LogP contribution in [0.3, 0.4) is 0 Å². The summed E-state index contributed by atoms with van der Waals surface area (Å²) in [7, 11) is 1.59. The maximum atomic E-state index is 13.2. The van der Waals surface area contributed by atoms with Gasteiger partial charge in [-0.15, -0.1) is 0 Å². The molecule has 0 aliphatic carbocycles. The molecule has 7 nitrogen and oxygen atoms in total. The number of hydrogen-bond donors (Lipinski definition) is 1. The number of aryl methyl sites for hydroxylation is 1. The zero-order valence-electron chi connectivity index (χ0n) is 18.2. The quantitative estimate of drug-likeness (QED) is 0.646. The minimum absolute atomic E-state index is 0.136. The summed E-state index contributed by atoms with van der Waals surface area (Å²) in [5.41, 5.74) is 0.799.